The fraction of sp³-hybridized carbons (Fsp3) is 0.618. The quantitative estimate of drug-likeness (QED) is 0.0261. The molecule has 0 rings (SSSR count). The summed E-state index contributed by atoms with van der Waals surface area (Å²) in [6, 6.07) is 0. The van der Waals surface area contributed by atoms with Crippen molar-refractivity contribution < 1.29 is 28.6 Å². The van der Waals surface area contributed by atoms with Crippen LogP contribution >= 0.6 is 0 Å². The molecule has 0 aromatic carbocycles. The second-order valence-electron chi connectivity index (χ2n) is 21.6. The van der Waals surface area contributed by atoms with Crippen LogP contribution in [0.15, 0.2) is 158 Å². The lowest BCUT2D eigenvalue weighted by Gasteiger charge is -2.18. The van der Waals surface area contributed by atoms with Gasteiger partial charge in [-0.1, -0.05) is 301 Å². The van der Waals surface area contributed by atoms with E-state index in [2.05, 4.69) is 179 Å². The van der Waals surface area contributed by atoms with Crippen molar-refractivity contribution in [1.29, 1.82) is 0 Å². The van der Waals surface area contributed by atoms with Gasteiger partial charge in [0.1, 0.15) is 13.2 Å². The van der Waals surface area contributed by atoms with Crippen LogP contribution in [-0.2, 0) is 28.6 Å². The summed E-state index contributed by atoms with van der Waals surface area (Å²) in [6.45, 7) is 6.37. The summed E-state index contributed by atoms with van der Waals surface area (Å²) < 4.78 is 16.9. The molecule has 6 heteroatoms. The largest absolute Gasteiger partial charge is 0.462 e. The number of rotatable bonds is 59. The van der Waals surface area contributed by atoms with E-state index in [4.69, 9.17) is 14.2 Å². The summed E-state index contributed by atoms with van der Waals surface area (Å²) in [5.41, 5.74) is 0. The van der Waals surface area contributed by atoms with E-state index >= 15 is 0 Å². The van der Waals surface area contributed by atoms with Gasteiger partial charge in [-0.05, 0) is 122 Å². The Labute approximate surface area is 505 Å². The topological polar surface area (TPSA) is 78.9 Å². The molecule has 0 spiro atoms. The maximum absolute atomic E-state index is 12.9. The third-order valence-electron chi connectivity index (χ3n) is 13.8. The zero-order valence-electron chi connectivity index (χ0n) is 52.9. The van der Waals surface area contributed by atoms with Crippen LogP contribution in [0.1, 0.15) is 284 Å². The molecule has 0 N–H and O–H groups in total. The Kier molecular flexibility index (Phi) is 64.4. The molecule has 462 valence electrons. The number of unbranched alkanes of at least 4 members (excludes halogenated alkanes) is 22. The van der Waals surface area contributed by atoms with Crippen LogP contribution in [-0.4, -0.2) is 37.2 Å². The van der Waals surface area contributed by atoms with Gasteiger partial charge < -0.3 is 14.2 Å². The fourth-order valence-corrected chi connectivity index (χ4v) is 8.85. The molecule has 82 heavy (non-hydrogen) atoms. The molecular weight excluding hydrogens is 1010 g/mol. The van der Waals surface area contributed by atoms with Crippen LogP contribution in [0.3, 0.4) is 0 Å². The average Bonchev–Trinajstić information content (AvgIpc) is 3.47. The number of carbonyl (C=O) groups is 3. The minimum atomic E-state index is -0.811. The van der Waals surface area contributed by atoms with Crippen molar-refractivity contribution in [3.05, 3.63) is 158 Å². The first-order valence-corrected chi connectivity index (χ1v) is 33.5. The van der Waals surface area contributed by atoms with Gasteiger partial charge in [0.05, 0.1) is 0 Å². The minimum absolute atomic E-state index is 0.101. The van der Waals surface area contributed by atoms with Crippen LogP contribution in [0.25, 0.3) is 0 Å². The van der Waals surface area contributed by atoms with E-state index in [9.17, 15) is 14.4 Å². The number of ether oxygens (including phenoxy) is 3. The number of hydrogen-bond donors (Lipinski definition) is 0. The molecule has 0 saturated carbocycles. The van der Waals surface area contributed by atoms with Crippen LogP contribution in [0.4, 0.5) is 0 Å². The number of hydrogen-bond acceptors (Lipinski definition) is 6. The van der Waals surface area contributed by atoms with Gasteiger partial charge in [0.25, 0.3) is 0 Å². The Morgan fingerprint density at radius 2 is 0.488 bits per heavy atom. The zero-order valence-corrected chi connectivity index (χ0v) is 52.9. The molecule has 1 unspecified atom stereocenters. The first kappa shape index (κ1) is 77.0. The van der Waals surface area contributed by atoms with Gasteiger partial charge in [0.2, 0.25) is 0 Å². The van der Waals surface area contributed by atoms with Crippen molar-refractivity contribution in [3.8, 4) is 0 Å². The lowest BCUT2D eigenvalue weighted by molar-refractivity contribution is -0.167. The molecule has 0 bridgehead atoms. The van der Waals surface area contributed by atoms with E-state index < -0.39 is 6.10 Å². The highest BCUT2D eigenvalue weighted by molar-refractivity contribution is 5.71. The zero-order chi connectivity index (χ0) is 59.2. The molecule has 0 aliphatic carbocycles. The maximum atomic E-state index is 12.9. The summed E-state index contributed by atoms with van der Waals surface area (Å²) in [4.78, 5) is 38.3. The monoisotopic (exact) mass is 1130 g/mol. The molecule has 0 fully saturated rings. The Bertz CT molecular complexity index is 1830. The molecule has 0 saturated heterocycles. The van der Waals surface area contributed by atoms with Crippen molar-refractivity contribution in [1.82, 2.24) is 0 Å². The standard InChI is InChI=1S/C76H122O6/c1-4-7-10-13-16-19-22-25-27-29-31-33-35-36-37-38-39-40-42-43-45-47-49-51-54-57-60-63-66-69-75(78)81-72-73(71-80-74(77)68-65-62-59-56-53-24-21-18-15-12-9-6-3)82-76(79)70-67-64-61-58-55-52-50-48-46-44-41-34-32-30-28-26-23-20-17-14-11-8-5-2/h7-8,10-11,16-17,19-20,25-28,31-34,36-37,39-40,43,45,49,51,57,60,73H,4-6,9,12-15,18,21-24,29-30,35,38,41-42,44,46-48,50,52-56,58-59,61-72H2,1-3H3/b10-7-,11-8-,19-16-,20-17-,27-25-,28-26-,33-31-,34-32-,37-36-,40-39-,45-43-,51-49-,60-57-. The summed E-state index contributed by atoms with van der Waals surface area (Å²) in [5, 5.41) is 0. The molecule has 0 heterocycles. The molecule has 0 radical (unpaired) electrons. The molecule has 1 atom stereocenters. The second-order valence-corrected chi connectivity index (χ2v) is 21.6. The van der Waals surface area contributed by atoms with Gasteiger partial charge in [-0.25, -0.2) is 0 Å². The summed E-state index contributed by atoms with van der Waals surface area (Å²) in [7, 11) is 0. The van der Waals surface area contributed by atoms with Gasteiger partial charge in [0.15, 0.2) is 6.10 Å². The van der Waals surface area contributed by atoms with Gasteiger partial charge in [-0.2, -0.15) is 0 Å². The third kappa shape index (κ3) is 65.8. The van der Waals surface area contributed by atoms with Crippen LogP contribution < -0.4 is 0 Å². The molecule has 6 nitrogen and oxygen atoms in total. The van der Waals surface area contributed by atoms with E-state index in [-0.39, 0.29) is 37.5 Å². The smallest absolute Gasteiger partial charge is 0.306 e. The lowest BCUT2D eigenvalue weighted by atomic mass is 10.0. The van der Waals surface area contributed by atoms with Crippen molar-refractivity contribution in [2.45, 2.75) is 290 Å². The summed E-state index contributed by atoms with van der Waals surface area (Å²) in [5.74, 6) is -0.967. The number of carbonyl (C=O) groups excluding carboxylic acids is 3. The van der Waals surface area contributed by atoms with Crippen molar-refractivity contribution >= 4 is 17.9 Å². The third-order valence-corrected chi connectivity index (χ3v) is 13.8. The SMILES string of the molecule is CC/C=C\C/C=C\C/C=C\C/C=C\C/C=C\C/C=C\C/C=C\C/C=C\C/C=C\CCCC(=O)OCC(COC(=O)CCCCCCCCCCCCCC)OC(=O)CCCCCCCCCCCC/C=C\C/C=C\C/C=C\C/C=C\CC. The van der Waals surface area contributed by atoms with Crippen molar-refractivity contribution in [2.75, 3.05) is 13.2 Å². The van der Waals surface area contributed by atoms with Gasteiger partial charge in [-0.3, -0.25) is 14.4 Å². The van der Waals surface area contributed by atoms with Crippen LogP contribution in [0.5, 0.6) is 0 Å². The minimum Gasteiger partial charge on any atom is -0.462 e. The van der Waals surface area contributed by atoms with Gasteiger partial charge in [0, 0.05) is 19.3 Å². The van der Waals surface area contributed by atoms with E-state index in [1.165, 1.54) is 109 Å². The highest BCUT2D eigenvalue weighted by atomic mass is 16.6. The molecule has 0 amide bonds. The predicted octanol–water partition coefficient (Wildman–Crippen LogP) is 23.3. The average molecular weight is 1130 g/mol. The van der Waals surface area contributed by atoms with Crippen molar-refractivity contribution in [2.24, 2.45) is 0 Å². The normalized spacial score (nSPS) is 13.2. The number of esters is 3. The fourth-order valence-electron chi connectivity index (χ4n) is 8.85. The number of allylic oxidation sites excluding steroid dienone is 26. The second kappa shape index (κ2) is 68.5. The lowest BCUT2D eigenvalue weighted by Crippen LogP contribution is -2.30. The van der Waals surface area contributed by atoms with Crippen LogP contribution in [0.2, 0.25) is 0 Å². The molecule has 0 aliphatic heterocycles. The van der Waals surface area contributed by atoms with E-state index in [1.807, 2.05) is 0 Å². The van der Waals surface area contributed by atoms with Gasteiger partial charge in [-0.15, -0.1) is 0 Å². The predicted molar refractivity (Wildman–Crippen MR) is 357 cm³/mol. The van der Waals surface area contributed by atoms with E-state index in [1.54, 1.807) is 0 Å². The first-order valence-electron chi connectivity index (χ1n) is 33.5. The Hall–Kier alpha value is -4.97. The highest BCUT2D eigenvalue weighted by Crippen LogP contribution is 2.15. The van der Waals surface area contributed by atoms with E-state index in [0.29, 0.717) is 19.3 Å². The molecular formula is C76H122O6. The summed E-state index contributed by atoms with van der Waals surface area (Å²) in [6.07, 6.45) is 99.7. The van der Waals surface area contributed by atoms with Gasteiger partial charge >= 0.3 is 17.9 Å². The van der Waals surface area contributed by atoms with Crippen molar-refractivity contribution in [3.63, 3.8) is 0 Å². The first-order chi connectivity index (χ1) is 40.5. The molecule has 0 aromatic heterocycles. The van der Waals surface area contributed by atoms with Crippen LogP contribution in [0, 0.1) is 0 Å². The molecule has 0 aliphatic rings. The Balaban J connectivity index is 4.43. The maximum Gasteiger partial charge on any atom is 0.306 e. The van der Waals surface area contributed by atoms with E-state index in [0.717, 1.165) is 128 Å². The molecule has 0 aromatic rings. The Morgan fingerprint density at radius 1 is 0.256 bits per heavy atom. The highest BCUT2D eigenvalue weighted by Gasteiger charge is 2.19. The summed E-state index contributed by atoms with van der Waals surface area (Å²) >= 11 is 0. The Morgan fingerprint density at radius 3 is 0.793 bits per heavy atom.